The molecule has 1 aliphatic carbocycles. The first-order valence-corrected chi connectivity index (χ1v) is 8.14. The summed E-state index contributed by atoms with van der Waals surface area (Å²) in [5.41, 5.74) is 4.26. The smallest absolute Gasteiger partial charge is 0.106 e. The summed E-state index contributed by atoms with van der Waals surface area (Å²) in [5, 5.41) is 3.68. The summed E-state index contributed by atoms with van der Waals surface area (Å²) in [6.07, 6.45) is 10.4. The number of hydrogen-bond acceptors (Lipinski definition) is 2. The predicted octanol–water partition coefficient (Wildman–Crippen LogP) is 5.14. The van der Waals surface area contributed by atoms with Gasteiger partial charge in [0.2, 0.25) is 0 Å². The van der Waals surface area contributed by atoms with Crippen LogP contribution in [0, 0.1) is 20.8 Å². The van der Waals surface area contributed by atoms with Crippen molar-refractivity contribution in [1.29, 1.82) is 0 Å². The van der Waals surface area contributed by atoms with Gasteiger partial charge in [-0.3, -0.25) is 0 Å². The molecule has 20 heavy (non-hydrogen) atoms. The molecular formula is C18H29NO. The molecule has 0 saturated carbocycles. The largest absolute Gasteiger partial charge is 0.466 e. The first-order chi connectivity index (χ1) is 9.65. The molecule has 0 spiro atoms. The minimum Gasteiger partial charge on any atom is -0.466 e. The zero-order valence-corrected chi connectivity index (χ0v) is 13.5. The van der Waals surface area contributed by atoms with Crippen LogP contribution in [0.15, 0.2) is 16.1 Å². The van der Waals surface area contributed by atoms with Gasteiger partial charge in [0.1, 0.15) is 11.5 Å². The van der Waals surface area contributed by atoms with Crippen molar-refractivity contribution in [3.05, 3.63) is 34.3 Å². The van der Waals surface area contributed by atoms with Crippen molar-refractivity contribution in [2.24, 2.45) is 0 Å². The van der Waals surface area contributed by atoms with Crippen molar-refractivity contribution < 1.29 is 4.42 Å². The summed E-state index contributed by atoms with van der Waals surface area (Å²) >= 11 is 0. The van der Waals surface area contributed by atoms with E-state index in [9.17, 15) is 0 Å². The van der Waals surface area contributed by atoms with Gasteiger partial charge in [0.25, 0.3) is 0 Å². The number of hydrogen-bond donors (Lipinski definition) is 1. The van der Waals surface area contributed by atoms with Crippen molar-refractivity contribution in [3.63, 3.8) is 0 Å². The Hall–Kier alpha value is -1.02. The van der Waals surface area contributed by atoms with Crippen LogP contribution < -0.4 is 5.32 Å². The van der Waals surface area contributed by atoms with Gasteiger partial charge in [0, 0.05) is 5.56 Å². The molecule has 2 heteroatoms. The van der Waals surface area contributed by atoms with Crippen LogP contribution in [0.4, 0.5) is 0 Å². The molecule has 1 aromatic heterocycles. The van der Waals surface area contributed by atoms with Gasteiger partial charge >= 0.3 is 0 Å². The monoisotopic (exact) mass is 275 g/mol. The second-order valence-corrected chi connectivity index (χ2v) is 5.98. The molecule has 2 nitrogen and oxygen atoms in total. The Kier molecular flexibility index (Phi) is 5.47. The van der Waals surface area contributed by atoms with Crippen molar-refractivity contribution in [1.82, 2.24) is 5.32 Å². The van der Waals surface area contributed by atoms with E-state index >= 15 is 0 Å². The molecule has 1 heterocycles. The van der Waals surface area contributed by atoms with E-state index in [1.807, 2.05) is 0 Å². The predicted molar refractivity (Wildman–Crippen MR) is 85.1 cm³/mol. The van der Waals surface area contributed by atoms with Crippen LogP contribution in [-0.4, -0.2) is 6.54 Å². The SMILES string of the molecule is CCNC(C1=CCCCCCC1)c1c(C)oc(C)c1C. The highest BCUT2D eigenvalue weighted by molar-refractivity contribution is 5.39. The normalized spacial score (nSPS) is 18.3. The van der Waals surface area contributed by atoms with Gasteiger partial charge in [0.15, 0.2) is 0 Å². The van der Waals surface area contributed by atoms with E-state index in [4.69, 9.17) is 4.42 Å². The maximum atomic E-state index is 5.85. The maximum Gasteiger partial charge on any atom is 0.106 e. The standard InChI is InChI=1S/C18H29NO/c1-5-19-18(16-11-9-7-6-8-10-12-16)17-13(2)14(3)20-15(17)4/h11,18-19H,5-10,12H2,1-4H3. The molecule has 1 unspecified atom stereocenters. The van der Waals surface area contributed by atoms with E-state index in [0.717, 1.165) is 18.1 Å². The molecule has 0 radical (unpaired) electrons. The summed E-state index contributed by atoms with van der Waals surface area (Å²) in [6, 6.07) is 0.343. The van der Waals surface area contributed by atoms with Gasteiger partial charge in [-0.05, 0) is 58.6 Å². The van der Waals surface area contributed by atoms with Crippen LogP contribution in [0.5, 0.6) is 0 Å². The minimum atomic E-state index is 0.343. The number of rotatable bonds is 4. The average molecular weight is 275 g/mol. The van der Waals surface area contributed by atoms with Gasteiger partial charge in [-0.25, -0.2) is 0 Å². The molecular weight excluding hydrogens is 246 g/mol. The molecule has 1 aromatic rings. The molecule has 0 saturated heterocycles. The third-order valence-electron chi connectivity index (χ3n) is 4.51. The van der Waals surface area contributed by atoms with E-state index in [1.165, 1.54) is 49.7 Å². The number of nitrogens with one attached hydrogen (secondary N) is 1. The van der Waals surface area contributed by atoms with E-state index in [1.54, 1.807) is 5.57 Å². The summed E-state index contributed by atoms with van der Waals surface area (Å²) in [6.45, 7) is 9.54. The fourth-order valence-electron chi connectivity index (χ4n) is 3.34. The third kappa shape index (κ3) is 3.35. The molecule has 1 N–H and O–H groups in total. The van der Waals surface area contributed by atoms with Crippen LogP contribution in [0.3, 0.4) is 0 Å². The fourth-order valence-corrected chi connectivity index (χ4v) is 3.34. The van der Waals surface area contributed by atoms with Gasteiger partial charge in [-0.15, -0.1) is 0 Å². The highest BCUT2D eigenvalue weighted by Gasteiger charge is 2.23. The van der Waals surface area contributed by atoms with Gasteiger partial charge in [-0.1, -0.05) is 31.4 Å². The lowest BCUT2D eigenvalue weighted by molar-refractivity contribution is 0.490. The third-order valence-corrected chi connectivity index (χ3v) is 4.51. The quantitative estimate of drug-likeness (QED) is 0.770. The van der Waals surface area contributed by atoms with E-state index in [0.29, 0.717) is 6.04 Å². The fraction of sp³-hybridized carbons (Fsp3) is 0.667. The van der Waals surface area contributed by atoms with Crippen molar-refractivity contribution >= 4 is 0 Å². The molecule has 0 fully saturated rings. The molecule has 1 atom stereocenters. The molecule has 1 aliphatic rings. The Labute approximate surface area is 123 Å². The number of likely N-dealkylation sites (N-methyl/N-ethyl adjacent to an activating group) is 1. The molecule has 0 bridgehead atoms. The van der Waals surface area contributed by atoms with Gasteiger partial charge < -0.3 is 9.73 Å². The highest BCUT2D eigenvalue weighted by Crippen LogP contribution is 2.34. The summed E-state index contributed by atoms with van der Waals surface area (Å²) in [7, 11) is 0. The molecule has 0 aromatic carbocycles. The van der Waals surface area contributed by atoms with Crippen LogP contribution in [-0.2, 0) is 0 Å². The molecule has 0 amide bonds. The Bertz CT molecular complexity index is 470. The van der Waals surface area contributed by atoms with Crippen LogP contribution in [0.25, 0.3) is 0 Å². The Morgan fingerprint density at radius 1 is 1.10 bits per heavy atom. The average Bonchev–Trinajstić information content (AvgIpc) is 2.61. The van der Waals surface area contributed by atoms with Crippen LogP contribution in [0.1, 0.15) is 74.1 Å². The molecule has 0 aliphatic heterocycles. The first kappa shape index (κ1) is 15.4. The highest BCUT2D eigenvalue weighted by atomic mass is 16.3. The van der Waals surface area contributed by atoms with Crippen LogP contribution >= 0.6 is 0 Å². The summed E-state index contributed by atoms with van der Waals surface area (Å²) in [5.74, 6) is 2.14. The van der Waals surface area contributed by atoms with Crippen molar-refractivity contribution in [2.75, 3.05) is 6.54 Å². The summed E-state index contributed by atoms with van der Waals surface area (Å²) < 4.78 is 5.85. The lowest BCUT2D eigenvalue weighted by Crippen LogP contribution is -2.24. The number of allylic oxidation sites excluding steroid dienone is 1. The maximum absolute atomic E-state index is 5.85. The Balaban J connectivity index is 2.34. The Morgan fingerprint density at radius 3 is 2.50 bits per heavy atom. The van der Waals surface area contributed by atoms with Crippen molar-refractivity contribution in [2.45, 2.75) is 72.3 Å². The molecule has 112 valence electrons. The van der Waals surface area contributed by atoms with Gasteiger partial charge in [0.05, 0.1) is 6.04 Å². The zero-order chi connectivity index (χ0) is 14.5. The number of aryl methyl sites for hydroxylation is 2. The van der Waals surface area contributed by atoms with E-state index < -0.39 is 0 Å². The van der Waals surface area contributed by atoms with E-state index in [2.05, 4.69) is 39.1 Å². The van der Waals surface area contributed by atoms with Crippen molar-refractivity contribution in [3.8, 4) is 0 Å². The minimum absolute atomic E-state index is 0.343. The molecule has 2 rings (SSSR count). The zero-order valence-electron chi connectivity index (χ0n) is 13.5. The lowest BCUT2D eigenvalue weighted by atomic mass is 9.89. The lowest BCUT2D eigenvalue weighted by Gasteiger charge is -2.24. The Morgan fingerprint density at radius 2 is 1.85 bits per heavy atom. The number of furan rings is 1. The topological polar surface area (TPSA) is 25.2 Å². The first-order valence-electron chi connectivity index (χ1n) is 8.14. The second-order valence-electron chi connectivity index (χ2n) is 5.98. The second kappa shape index (κ2) is 7.12. The van der Waals surface area contributed by atoms with E-state index in [-0.39, 0.29) is 0 Å². The summed E-state index contributed by atoms with van der Waals surface area (Å²) in [4.78, 5) is 0. The van der Waals surface area contributed by atoms with Crippen LogP contribution in [0.2, 0.25) is 0 Å². The van der Waals surface area contributed by atoms with Gasteiger partial charge in [-0.2, -0.15) is 0 Å².